The van der Waals surface area contributed by atoms with Crippen molar-refractivity contribution in [3.8, 4) is 0 Å². The standard InChI is InChI=1S/C23H20N4O3S/c1-14-5-4-8-18(11-14)31(29,30)23-20-19(13-24-23)26-27-21(20)25-22(28)17-10-9-15-6-2-3-7-16(15)12-17/h2-12,23-24H,13H2,1H3,(H2,25,26,27,28). The Kier molecular flexibility index (Phi) is 4.60. The molecule has 2 heterocycles. The number of aryl methyl sites for hydroxylation is 1. The number of sulfone groups is 1. The van der Waals surface area contributed by atoms with Gasteiger partial charge in [-0.05, 0) is 47.5 Å². The van der Waals surface area contributed by atoms with Crippen LogP contribution in [0, 0.1) is 6.92 Å². The number of nitrogens with one attached hydrogen (secondary N) is 3. The third kappa shape index (κ3) is 3.39. The maximum absolute atomic E-state index is 13.3. The van der Waals surface area contributed by atoms with E-state index in [1.165, 1.54) is 0 Å². The Bertz CT molecular complexity index is 1430. The smallest absolute Gasteiger partial charge is 0.256 e. The van der Waals surface area contributed by atoms with Crippen LogP contribution in [-0.2, 0) is 16.4 Å². The van der Waals surface area contributed by atoms with Gasteiger partial charge in [-0.3, -0.25) is 15.2 Å². The summed E-state index contributed by atoms with van der Waals surface area (Å²) in [5, 5.41) is 13.8. The second-order valence-electron chi connectivity index (χ2n) is 7.60. The molecule has 5 rings (SSSR count). The number of aromatic amines is 1. The number of hydrogen-bond donors (Lipinski definition) is 3. The van der Waals surface area contributed by atoms with E-state index in [1.807, 2.05) is 43.3 Å². The number of carbonyl (C=O) groups is 1. The molecule has 0 radical (unpaired) electrons. The van der Waals surface area contributed by atoms with Crippen LogP contribution in [0.3, 0.4) is 0 Å². The molecule has 0 spiro atoms. The largest absolute Gasteiger partial charge is 0.305 e. The summed E-state index contributed by atoms with van der Waals surface area (Å²) in [5.74, 6) is -0.127. The van der Waals surface area contributed by atoms with Gasteiger partial charge in [-0.1, -0.05) is 42.5 Å². The number of amides is 1. The zero-order chi connectivity index (χ0) is 21.6. The first-order valence-corrected chi connectivity index (χ1v) is 11.4. The average Bonchev–Trinajstić information content (AvgIpc) is 3.36. The molecule has 1 aliphatic rings. The second-order valence-corrected chi connectivity index (χ2v) is 9.64. The first-order chi connectivity index (χ1) is 14.9. The van der Waals surface area contributed by atoms with Crippen molar-refractivity contribution in [1.29, 1.82) is 0 Å². The van der Waals surface area contributed by atoms with E-state index in [4.69, 9.17) is 0 Å². The van der Waals surface area contributed by atoms with E-state index in [9.17, 15) is 13.2 Å². The van der Waals surface area contributed by atoms with E-state index in [-0.39, 0.29) is 16.6 Å². The molecule has 1 unspecified atom stereocenters. The van der Waals surface area contributed by atoms with Gasteiger partial charge in [0.2, 0.25) is 0 Å². The Hall–Kier alpha value is -3.49. The Morgan fingerprint density at radius 2 is 1.84 bits per heavy atom. The van der Waals surface area contributed by atoms with Crippen LogP contribution in [0.4, 0.5) is 5.82 Å². The Balaban J connectivity index is 1.47. The molecule has 156 valence electrons. The van der Waals surface area contributed by atoms with Crippen LogP contribution in [0.2, 0.25) is 0 Å². The quantitative estimate of drug-likeness (QED) is 0.456. The van der Waals surface area contributed by atoms with Crippen molar-refractivity contribution in [1.82, 2.24) is 15.5 Å². The van der Waals surface area contributed by atoms with E-state index in [1.54, 1.807) is 30.3 Å². The van der Waals surface area contributed by atoms with Gasteiger partial charge in [-0.25, -0.2) is 8.42 Å². The zero-order valence-corrected chi connectivity index (χ0v) is 17.5. The predicted octanol–water partition coefficient (Wildman–Crippen LogP) is 3.70. The molecule has 0 bridgehead atoms. The Labute approximate surface area is 179 Å². The molecule has 0 saturated heterocycles. The summed E-state index contributed by atoms with van der Waals surface area (Å²) in [5.41, 5.74) is 2.43. The fourth-order valence-corrected chi connectivity index (χ4v) is 5.66. The lowest BCUT2D eigenvalue weighted by Gasteiger charge is -2.15. The number of carbonyl (C=O) groups excluding carboxylic acids is 1. The van der Waals surface area contributed by atoms with Crippen molar-refractivity contribution in [2.45, 2.75) is 23.7 Å². The SMILES string of the molecule is Cc1cccc(S(=O)(=O)C2NCc3[nH]nc(NC(=O)c4ccc5ccccc5c4)c32)c1. The molecule has 1 aromatic heterocycles. The highest BCUT2D eigenvalue weighted by Gasteiger charge is 2.39. The number of anilines is 1. The maximum Gasteiger partial charge on any atom is 0.256 e. The summed E-state index contributed by atoms with van der Waals surface area (Å²) in [6, 6.07) is 20.0. The first-order valence-electron chi connectivity index (χ1n) is 9.85. The highest BCUT2D eigenvalue weighted by Crippen LogP contribution is 2.37. The second kappa shape index (κ2) is 7.33. The first kappa shape index (κ1) is 19.5. The molecular weight excluding hydrogens is 412 g/mol. The van der Waals surface area contributed by atoms with Gasteiger partial charge in [-0.15, -0.1) is 0 Å². The topological polar surface area (TPSA) is 104 Å². The van der Waals surface area contributed by atoms with Gasteiger partial charge < -0.3 is 5.32 Å². The van der Waals surface area contributed by atoms with Crippen molar-refractivity contribution in [3.63, 3.8) is 0 Å². The van der Waals surface area contributed by atoms with Crippen molar-refractivity contribution in [3.05, 3.63) is 89.1 Å². The van der Waals surface area contributed by atoms with Crippen molar-refractivity contribution in [2.24, 2.45) is 0 Å². The van der Waals surface area contributed by atoms with E-state index >= 15 is 0 Å². The van der Waals surface area contributed by atoms with Crippen molar-refractivity contribution in [2.75, 3.05) is 5.32 Å². The highest BCUT2D eigenvalue weighted by molar-refractivity contribution is 7.91. The molecule has 1 aliphatic heterocycles. The van der Waals surface area contributed by atoms with Gasteiger partial charge in [0.15, 0.2) is 15.7 Å². The lowest BCUT2D eigenvalue weighted by atomic mass is 10.1. The lowest BCUT2D eigenvalue weighted by Crippen LogP contribution is -2.24. The zero-order valence-electron chi connectivity index (χ0n) is 16.7. The minimum Gasteiger partial charge on any atom is -0.305 e. The molecule has 7 nitrogen and oxygen atoms in total. The van der Waals surface area contributed by atoms with Gasteiger partial charge in [0, 0.05) is 12.1 Å². The average molecular weight is 433 g/mol. The molecule has 0 saturated carbocycles. The number of fused-ring (bicyclic) bond motifs is 2. The van der Waals surface area contributed by atoms with Crippen LogP contribution < -0.4 is 10.6 Å². The molecule has 31 heavy (non-hydrogen) atoms. The summed E-state index contributed by atoms with van der Waals surface area (Å²) >= 11 is 0. The van der Waals surface area contributed by atoms with Crippen LogP contribution in [0.15, 0.2) is 71.6 Å². The number of rotatable bonds is 4. The highest BCUT2D eigenvalue weighted by atomic mass is 32.2. The van der Waals surface area contributed by atoms with Crippen LogP contribution in [0.5, 0.6) is 0 Å². The van der Waals surface area contributed by atoms with Gasteiger partial charge >= 0.3 is 0 Å². The number of nitrogens with zero attached hydrogens (tertiary/aromatic N) is 1. The predicted molar refractivity (Wildman–Crippen MR) is 118 cm³/mol. The summed E-state index contributed by atoms with van der Waals surface area (Å²) in [6.45, 7) is 2.17. The number of H-pyrrole nitrogens is 1. The van der Waals surface area contributed by atoms with E-state index in [0.29, 0.717) is 23.4 Å². The van der Waals surface area contributed by atoms with E-state index in [2.05, 4.69) is 20.8 Å². The molecule has 3 N–H and O–H groups in total. The van der Waals surface area contributed by atoms with E-state index in [0.717, 1.165) is 16.3 Å². The number of aromatic nitrogens is 2. The minimum absolute atomic E-state index is 0.222. The van der Waals surface area contributed by atoms with Gasteiger partial charge in [0.05, 0.1) is 16.2 Å². The lowest BCUT2D eigenvalue weighted by molar-refractivity contribution is 0.102. The fourth-order valence-electron chi connectivity index (χ4n) is 3.90. The number of hydrogen-bond acceptors (Lipinski definition) is 5. The maximum atomic E-state index is 13.3. The third-order valence-corrected chi connectivity index (χ3v) is 7.42. The summed E-state index contributed by atoms with van der Waals surface area (Å²) in [4.78, 5) is 13.1. The van der Waals surface area contributed by atoms with Crippen LogP contribution >= 0.6 is 0 Å². The van der Waals surface area contributed by atoms with Gasteiger partial charge in [-0.2, -0.15) is 5.10 Å². The monoisotopic (exact) mass is 432 g/mol. The number of benzene rings is 3. The summed E-state index contributed by atoms with van der Waals surface area (Å²) in [7, 11) is -3.72. The molecule has 1 amide bonds. The fraction of sp³-hybridized carbons (Fsp3) is 0.130. The van der Waals surface area contributed by atoms with Crippen LogP contribution in [0.1, 0.15) is 32.6 Å². The van der Waals surface area contributed by atoms with Crippen LogP contribution in [-0.4, -0.2) is 24.5 Å². The van der Waals surface area contributed by atoms with Gasteiger partial charge in [0.25, 0.3) is 5.91 Å². The van der Waals surface area contributed by atoms with Crippen LogP contribution in [0.25, 0.3) is 10.8 Å². The normalized spacial score (nSPS) is 15.7. The molecule has 8 heteroatoms. The van der Waals surface area contributed by atoms with Crippen molar-refractivity contribution >= 4 is 32.3 Å². The molecule has 0 aliphatic carbocycles. The Morgan fingerprint density at radius 3 is 2.65 bits per heavy atom. The van der Waals surface area contributed by atoms with Crippen molar-refractivity contribution < 1.29 is 13.2 Å². The van der Waals surface area contributed by atoms with Gasteiger partial charge in [0.1, 0.15) is 5.37 Å². The molecular formula is C23H20N4O3S. The molecule has 4 aromatic rings. The third-order valence-electron chi connectivity index (χ3n) is 5.48. The molecule has 0 fully saturated rings. The summed E-state index contributed by atoms with van der Waals surface area (Å²) in [6.07, 6.45) is 0. The Morgan fingerprint density at radius 1 is 1.03 bits per heavy atom. The molecule has 3 aromatic carbocycles. The minimum atomic E-state index is -3.72. The summed E-state index contributed by atoms with van der Waals surface area (Å²) < 4.78 is 26.6. The molecule has 1 atom stereocenters. The van der Waals surface area contributed by atoms with E-state index < -0.39 is 15.2 Å².